The minimum atomic E-state index is -0.758. The molecule has 2 aliphatic carbocycles. The van der Waals surface area contributed by atoms with E-state index in [-0.39, 0.29) is 17.9 Å². The van der Waals surface area contributed by atoms with E-state index in [1.165, 1.54) is 0 Å². The van der Waals surface area contributed by atoms with Gasteiger partial charge in [0, 0.05) is 22.8 Å². The molecule has 1 aromatic rings. The molecular formula is C14H17BrN2O3. The van der Waals surface area contributed by atoms with Gasteiger partial charge in [-0.15, -0.1) is 0 Å². The summed E-state index contributed by atoms with van der Waals surface area (Å²) in [6, 6.07) is 2.25. The first-order chi connectivity index (χ1) is 9.54. The van der Waals surface area contributed by atoms with Gasteiger partial charge in [-0.1, -0.05) is 0 Å². The fraction of sp³-hybridized carbons (Fsp3) is 0.571. The summed E-state index contributed by atoms with van der Waals surface area (Å²) in [5.41, 5.74) is 0.665. The molecule has 2 N–H and O–H groups in total. The van der Waals surface area contributed by atoms with Crippen LogP contribution < -0.4 is 5.32 Å². The first kappa shape index (κ1) is 13.7. The van der Waals surface area contributed by atoms with Gasteiger partial charge >= 0.3 is 5.97 Å². The Hall–Kier alpha value is -1.30. The summed E-state index contributed by atoms with van der Waals surface area (Å²) in [5.74, 6) is -1.17. The topological polar surface area (TPSA) is 71.3 Å². The number of halogens is 1. The normalized spacial score (nSPS) is 25.6. The predicted octanol–water partition coefficient (Wildman–Crippen LogP) is 2.57. The van der Waals surface area contributed by atoms with Gasteiger partial charge in [-0.25, -0.2) is 0 Å². The summed E-state index contributed by atoms with van der Waals surface area (Å²) in [6.07, 6.45) is 6.10. The Labute approximate surface area is 125 Å². The van der Waals surface area contributed by atoms with Crippen LogP contribution in [0.15, 0.2) is 16.7 Å². The van der Waals surface area contributed by atoms with Crippen LogP contribution in [0.4, 0.5) is 0 Å². The Bertz CT molecular complexity index is 551. The molecule has 5 nitrogen and oxygen atoms in total. The second kappa shape index (κ2) is 5.24. The van der Waals surface area contributed by atoms with Crippen LogP contribution in [0.25, 0.3) is 0 Å². The molecule has 2 aliphatic rings. The highest BCUT2D eigenvalue weighted by atomic mass is 79.9. The highest BCUT2D eigenvalue weighted by Gasteiger charge is 2.32. The molecule has 6 heteroatoms. The maximum absolute atomic E-state index is 12.3. The van der Waals surface area contributed by atoms with Crippen molar-refractivity contribution in [3.05, 3.63) is 22.4 Å². The van der Waals surface area contributed by atoms with Crippen molar-refractivity contribution < 1.29 is 14.7 Å². The summed E-state index contributed by atoms with van der Waals surface area (Å²) < 4.78 is 2.92. The fourth-order valence-electron chi connectivity index (χ4n) is 2.88. The van der Waals surface area contributed by atoms with Crippen LogP contribution in [0.2, 0.25) is 0 Å². The number of carbonyl (C=O) groups excluding carboxylic acids is 1. The molecule has 108 valence electrons. The second-order valence-electron chi connectivity index (χ2n) is 5.70. The molecule has 0 saturated heterocycles. The minimum Gasteiger partial charge on any atom is -0.481 e. The molecule has 1 aromatic heterocycles. The molecule has 0 aromatic carbocycles. The first-order valence-electron chi connectivity index (χ1n) is 6.95. The Kier molecular flexibility index (Phi) is 3.58. The Morgan fingerprint density at radius 2 is 2.05 bits per heavy atom. The number of aromatic nitrogens is 1. The fourth-order valence-corrected chi connectivity index (χ4v) is 3.32. The molecule has 2 unspecified atom stereocenters. The molecule has 0 aliphatic heterocycles. The van der Waals surface area contributed by atoms with Crippen molar-refractivity contribution in [2.75, 3.05) is 0 Å². The Morgan fingerprint density at radius 1 is 1.30 bits per heavy atom. The molecular weight excluding hydrogens is 324 g/mol. The van der Waals surface area contributed by atoms with Crippen molar-refractivity contribution in [1.82, 2.24) is 9.88 Å². The summed E-state index contributed by atoms with van der Waals surface area (Å²) in [6.45, 7) is 0. The molecule has 0 bridgehead atoms. The van der Waals surface area contributed by atoms with Crippen LogP contribution in [0, 0.1) is 5.92 Å². The maximum atomic E-state index is 12.3. The van der Waals surface area contributed by atoms with E-state index in [9.17, 15) is 9.59 Å². The van der Waals surface area contributed by atoms with E-state index >= 15 is 0 Å². The average Bonchev–Trinajstić information content (AvgIpc) is 3.00. The van der Waals surface area contributed by atoms with E-state index in [4.69, 9.17) is 5.11 Å². The number of hydrogen-bond donors (Lipinski definition) is 2. The first-order valence-corrected chi connectivity index (χ1v) is 7.75. The van der Waals surface area contributed by atoms with Gasteiger partial charge in [-0.3, -0.25) is 9.59 Å². The van der Waals surface area contributed by atoms with Gasteiger partial charge < -0.3 is 15.0 Å². The van der Waals surface area contributed by atoms with Gasteiger partial charge in [0.15, 0.2) is 0 Å². The van der Waals surface area contributed by atoms with Crippen LogP contribution >= 0.6 is 15.9 Å². The zero-order chi connectivity index (χ0) is 14.3. The third-order valence-electron chi connectivity index (χ3n) is 4.11. The largest absolute Gasteiger partial charge is 0.481 e. The Morgan fingerprint density at radius 3 is 2.65 bits per heavy atom. The van der Waals surface area contributed by atoms with Crippen molar-refractivity contribution in [3.8, 4) is 0 Å². The summed E-state index contributed by atoms with van der Waals surface area (Å²) in [7, 11) is 0. The minimum absolute atomic E-state index is 0.0232. The molecule has 2 atom stereocenters. The predicted molar refractivity (Wildman–Crippen MR) is 76.6 cm³/mol. The number of aliphatic carboxylic acids is 1. The van der Waals surface area contributed by atoms with Gasteiger partial charge in [-0.05, 0) is 54.1 Å². The van der Waals surface area contributed by atoms with Crippen molar-refractivity contribution >= 4 is 27.8 Å². The molecule has 2 saturated carbocycles. The SMILES string of the molecule is O=C(NC1CCC(C(=O)O)C1)c1cc(Br)cn1C1CC1. The molecule has 1 amide bonds. The standard InChI is InChI=1S/C14H17BrN2O3/c15-9-6-12(17(7-9)11-3-4-11)13(18)16-10-2-1-8(5-10)14(19)20/h6-8,10-11H,1-5H2,(H,16,18)(H,19,20). The monoisotopic (exact) mass is 340 g/mol. The number of rotatable bonds is 4. The molecule has 1 heterocycles. The average molecular weight is 341 g/mol. The van der Waals surface area contributed by atoms with Gasteiger partial charge in [0.1, 0.15) is 5.69 Å². The Balaban J connectivity index is 1.66. The lowest BCUT2D eigenvalue weighted by atomic mass is 10.1. The third kappa shape index (κ3) is 2.75. The van der Waals surface area contributed by atoms with Crippen LogP contribution in [-0.4, -0.2) is 27.6 Å². The number of hydrogen-bond acceptors (Lipinski definition) is 2. The highest BCUT2D eigenvalue weighted by molar-refractivity contribution is 9.10. The van der Waals surface area contributed by atoms with E-state index in [2.05, 4.69) is 21.2 Å². The number of amides is 1. The number of carboxylic acids is 1. The number of carboxylic acid groups (broad SMARTS) is 1. The highest BCUT2D eigenvalue weighted by Crippen LogP contribution is 2.37. The van der Waals surface area contributed by atoms with E-state index in [1.54, 1.807) is 0 Å². The summed E-state index contributed by atoms with van der Waals surface area (Å²) >= 11 is 3.41. The van der Waals surface area contributed by atoms with E-state index in [0.29, 0.717) is 24.6 Å². The quantitative estimate of drug-likeness (QED) is 0.884. The van der Waals surface area contributed by atoms with Gasteiger partial charge in [-0.2, -0.15) is 0 Å². The zero-order valence-corrected chi connectivity index (χ0v) is 12.6. The molecule has 0 spiro atoms. The van der Waals surface area contributed by atoms with Crippen LogP contribution in [0.1, 0.15) is 48.6 Å². The molecule has 2 fully saturated rings. The van der Waals surface area contributed by atoms with Crippen molar-refractivity contribution in [1.29, 1.82) is 0 Å². The van der Waals surface area contributed by atoms with Crippen molar-refractivity contribution in [2.24, 2.45) is 5.92 Å². The second-order valence-corrected chi connectivity index (χ2v) is 6.62. The summed E-state index contributed by atoms with van der Waals surface area (Å²) in [5, 5.41) is 12.0. The smallest absolute Gasteiger partial charge is 0.306 e. The zero-order valence-electron chi connectivity index (χ0n) is 11.0. The molecule has 3 rings (SSSR count). The number of nitrogens with zero attached hydrogens (tertiary/aromatic N) is 1. The summed E-state index contributed by atoms with van der Waals surface area (Å²) in [4.78, 5) is 23.3. The molecule has 0 radical (unpaired) electrons. The number of carbonyl (C=O) groups is 2. The maximum Gasteiger partial charge on any atom is 0.306 e. The lowest BCUT2D eigenvalue weighted by Crippen LogP contribution is -2.34. The van der Waals surface area contributed by atoms with Crippen LogP contribution in [-0.2, 0) is 4.79 Å². The van der Waals surface area contributed by atoms with Crippen molar-refractivity contribution in [3.63, 3.8) is 0 Å². The number of nitrogens with one attached hydrogen (secondary N) is 1. The third-order valence-corrected chi connectivity index (χ3v) is 4.54. The van der Waals surface area contributed by atoms with E-state index in [1.807, 2.05) is 16.8 Å². The van der Waals surface area contributed by atoms with Crippen molar-refractivity contribution in [2.45, 2.75) is 44.2 Å². The van der Waals surface area contributed by atoms with Crippen LogP contribution in [0.3, 0.4) is 0 Å². The van der Waals surface area contributed by atoms with Gasteiger partial charge in [0.2, 0.25) is 0 Å². The lowest BCUT2D eigenvalue weighted by Gasteiger charge is -2.14. The lowest BCUT2D eigenvalue weighted by molar-refractivity contribution is -0.141. The van der Waals surface area contributed by atoms with Gasteiger partial charge in [0.25, 0.3) is 5.91 Å². The van der Waals surface area contributed by atoms with E-state index < -0.39 is 5.97 Å². The van der Waals surface area contributed by atoms with E-state index in [0.717, 1.165) is 23.7 Å². The van der Waals surface area contributed by atoms with Crippen LogP contribution in [0.5, 0.6) is 0 Å². The van der Waals surface area contributed by atoms with Gasteiger partial charge in [0.05, 0.1) is 5.92 Å². The molecule has 20 heavy (non-hydrogen) atoms.